The van der Waals surface area contributed by atoms with Gasteiger partial charge in [-0.3, -0.25) is 9.79 Å². The van der Waals surface area contributed by atoms with Crippen molar-refractivity contribution in [2.45, 2.75) is 25.9 Å². The summed E-state index contributed by atoms with van der Waals surface area (Å²) in [5.41, 5.74) is 0. The van der Waals surface area contributed by atoms with E-state index in [0.29, 0.717) is 25.4 Å². The lowest BCUT2D eigenvalue weighted by Crippen LogP contribution is -2.41. The summed E-state index contributed by atoms with van der Waals surface area (Å²) in [5.74, 6) is 0.845. The van der Waals surface area contributed by atoms with Gasteiger partial charge in [0.25, 0.3) is 5.91 Å². The highest BCUT2D eigenvalue weighted by atomic mass is 16.5. The number of guanidine groups is 1. The molecule has 3 N–H and O–H groups in total. The molecule has 1 saturated heterocycles. The van der Waals surface area contributed by atoms with Crippen molar-refractivity contribution >= 4 is 11.9 Å². The molecule has 1 aliphatic heterocycles. The molecule has 7 nitrogen and oxygen atoms in total. The average Bonchev–Trinajstić information content (AvgIpc) is 3.22. The highest BCUT2D eigenvalue weighted by Gasteiger charge is 2.14. The molecule has 1 aromatic heterocycles. The van der Waals surface area contributed by atoms with E-state index in [1.54, 1.807) is 12.1 Å². The third-order valence-corrected chi connectivity index (χ3v) is 3.27. The van der Waals surface area contributed by atoms with Gasteiger partial charge in [0.05, 0.1) is 18.9 Å². The van der Waals surface area contributed by atoms with E-state index < -0.39 is 0 Å². The van der Waals surface area contributed by atoms with Crippen molar-refractivity contribution in [2.75, 3.05) is 32.8 Å². The Hall–Kier alpha value is -2.02. The maximum atomic E-state index is 11.7. The Balaban J connectivity index is 1.67. The van der Waals surface area contributed by atoms with Crippen LogP contribution in [0.1, 0.15) is 30.3 Å². The summed E-state index contributed by atoms with van der Waals surface area (Å²) in [6.45, 7) is 5.38. The largest absolute Gasteiger partial charge is 0.459 e. The van der Waals surface area contributed by atoms with Gasteiger partial charge >= 0.3 is 0 Å². The predicted octanol–water partition coefficient (Wildman–Crippen LogP) is 0.744. The van der Waals surface area contributed by atoms with Crippen molar-refractivity contribution in [3.8, 4) is 0 Å². The highest BCUT2D eigenvalue weighted by Crippen LogP contribution is 2.11. The van der Waals surface area contributed by atoms with Gasteiger partial charge in [0, 0.05) is 26.2 Å². The molecule has 1 aromatic rings. The van der Waals surface area contributed by atoms with Gasteiger partial charge in [-0.05, 0) is 31.9 Å². The Morgan fingerprint density at radius 1 is 1.36 bits per heavy atom. The lowest BCUT2D eigenvalue weighted by atomic mass is 10.2. The fourth-order valence-corrected chi connectivity index (χ4v) is 2.17. The van der Waals surface area contributed by atoms with Gasteiger partial charge in [-0.1, -0.05) is 0 Å². The van der Waals surface area contributed by atoms with Crippen LogP contribution < -0.4 is 16.0 Å². The van der Waals surface area contributed by atoms with Gasteiger partial charge in [0.1, 0.15) is 0 Å². The van der Waals surface area contributed by atoms with E-state index in [4.69, 9.17) is 9.15 Å². The first kappa shape index (κ1) is 16.4. The average molecular weight is 308 g/mol. The van der Waals surface area contributed by atoms with Crippen LogP contribution in [0.4, 0.5) is 0 Å². The second-order valence-corrected chi connectivity index (χ2v) is 5.01. The van der Waals surface area contributed by atoms with E-state index >= 15 is 0 Å². The quantitative estimate of drug-likeness (QED) is 0.393. The summed E-state index contributed by atoms with van der Waals surface area (Å²) in [4.78, 5) is 16.2. The molecule has 0 spiro atoms. The van der Waals surface area contributed by atoms with Crippen LogP contribution in [0.15, 0.2) is 27.8 Å². The smallest absolute Gasteiger partial charge is 0.287 e. The molecule has 1 amide bonds. The summed E-state index contributed by atoms with van der Waals surface area (Å²) in [5, 5.41) is 9.13. The number of ether oxygens (including phenoxy) is 1. The number of rotatable bonds is 7. The lowest BCUT2D eigenvalue weighted by molar-refractivity contribution is 0.0926. The highest BCUT2D eigenvalue weighted by molar-refractivity contribution is 5.91. The van der Waals surface area contributed by atoms with Crippen LogP contribution in [0.2, 0.25) is 0 Å². The van der Waals surface area contributed by atoms with Crippen LogP contribution in [0.5, 0.6) is 0 Å². The first-order valence-electron chi connectivity index (χ1n) is 7.75. The standard InChI is InChI=1S/C15H24N4O3/c1-2-16-15(19-11-12-5-3-9-21-12)18-8-7-17-14(20)13-6-4-10-22-13/h4,6,10,12H,2-3,5,7-9,11H2,1H3,(H,17,20)(H2,16,18,19). The zero-order valence-corrected chi connectivity index (χ0v) is 12.9. The van der Waals surface area contributed by atoms with Crippen molar-refractivity contribution in [3.63, 3.8) is 0 Å². The topological polar surface area (TPSA) is 87.9 Å². The number of nitrogens with one attached hydrogen (secondary N) is 3. The molecule has 1 aliphatic rings. The van der Waals surface area contributed by atoms with Crippen molar-refractivity contribution < 1.29 is 13.9 Å². The monoisotopic (exact) mass is 308 g/mol. The Kier molecular flexibility index (Phi) is 6.76. The van der Waals surface area contributed by atoms with Gasteiger partial charge in [-0.25, -0.2) is 0 Å². The van der Waals surface area contributed by atoms with Gasteiger partial charge < -0.3 is 25.1 Å². The number of carbonyl (C=O) groups is 1. The fourth-order valence-electron chi connectivity index (χ4n) is 2.17. The summed E-state index contributed by atoms with van der Waals surface area (Å²) in [6.07, 6.45) is 3.90. The summed E-state index contributed by atoms with van der Waals surface area (Å²) >= 11 is 0. The number of aliphatic imine (C=N–C) groups is 1. The van der Waals surface area contributed by atoms with Gasteiger partial charge in [0.15, 0.2) is 11.7 Å². The van der Waals surface area contributed by atoms with Crippen molar-refractivity contribution in [1.82, 2.24) is 16.0 Å². The SMILES string of the molecule is CCNC(=NCC1CCCO1)NCCNC(=O)c1ccco1. The van der Waals surface area contributed by atoms with E-state index in [0.717, 1.165) is 32.0 Å². The molecule has 1 fully saturated rings. The molecule has 0 aliphatic carbocycles. The van der Waals surface area contributed by atoms with E-state index in [9.17, 15) is 4.79 Å². The zero-order chi connectivity index (χ0) is 15.6. The Labute approximate surface area is 130 Å². The molecule has 0 aromatic carbocycles. The van der Waals surface area contributed by atoms with Gasteiger partial charge in [0.2, 0.25) is 0 Å². The zero-order valence-electron chi connectivity index (χ0n) is 12.9. The maximum absolute atomic E-state index is 11.7. The fraction of sp³-hybridized carbons (Fsp3) is 0.600. The normalized spacial score (nSPS) is 18.2. The first-order valence-corrected chi connectivity index (χ1v) is 7.75. The Morgan fingerprint density at radius 3 is 2.91 bits per heavy atom. The van der Waals surface area contributed by atoms with Crippen molar-refractivity contribution in [3.05, 3.63) is 24.2 Å². The number of furan rings is 1. The molecule has 122 valence electrons. The number of hydrogen-bond donors (Lipinski definition) is 3. The summed E-state index contributed by atoms with van der Waals surface area (Å²) in [7, 11) is 0. The minimum absolute atomic E-state index is 0.215. The molecule has 22 heavy (non-hydrogen) atoms. The van der Waals surface area contributed by atoms with E-state index in [-0.39, 0.29) is 12.0 Å². The number of amides is 1. The molecule has 0 bridgehead atoms. The minimum Gasteiger partial charge on any atom is -0.459 e. The third-order valence-electron chi connectivity index (χ3n) is 3.27. The van der Waals surface area contributed by atoms with Gasteiger partial charge in [-0.2, -0.15) is 0 Å². The third kappa shape index (κ3) is 5.40. The first-order chi connectivity index (χ1) is 10.8. The Morgan fingerprint density at radius 2 is 2.23 bits per heavy atom. The van der Waals surface area contributed by atoms with Gasteiger partial charge in [-0.15, -0.1) is 0 Å². The lowest BCUT2D eigenvalue weighted by Gasteiger charge is -2.13. The molecule has 0 saturated carbocycles. The van der Waals surface area contributed by atoms with Crippen LogP contribution in [-0.4, -0.2) is 50.8 Å². The molecule has 2 heterocycles. The molecule has 1 unspecified atom stereocenters. The molecule has 1 atom stereocenters. The van der Waals surface area contributed by atoms with Crippen LogP contribution >= 0.6 is 0 Å². The predicted molar refractivity (Wildman–Crippen MR) is 84.0 cm³/mol. The molecular weight excluding hydrogens is 284 g/mol. The number of nitrogens with zero attached hydrogens (tertiary/aromatic N) is 1. The molecule has 2 rings (SSSR count). The summed E-state index contributed by atoms with van der Waals surface area (Å²) in [6, 6.07) is 3.32. The molecular formula is C15H24N4O3. The van der Waals surface area contributed by atoms with Crippen LogP contribution in [0.25, 0.3) is 0 Å². The summed E-state index contributed by atoms with van der Waals surface area (Å²) < 4.78 is 10.6. The second-order valence-electron chi connectivity index (χ2n) is 5.01. The van der Waals surface area contributed by atoms with E-state index in [1.807, 2.05) is 6.92 Å². The van der Waals surface area contributed by atoms with Crippen molar-refractivity contribution in [1.29, 1.82) is 0 Å². The molecule has 0 radical (unpaired) electrons. The van der Waals surface area contributed by atoms with Crippen LogP contribution in [0, 0.1) is 0 Å². The van der Waals surface area contributed by atoms with E-state index in [1.165, 1.54) is 6.26 Å². The second kappa shape index (κ2) is 9.09. The van der Waals surface area contributed by atoms with Crippen molar-refractivity contribution in [2.24, 2.45) is 4.99 Å². The number of carbonyl (C=O) groups excluding carboxylic acids is 1. The molecule has 7 heteroatoms. The minimum atomic E-state index is -0.215. The van der Waals surface area contributed by atoms with Crippen LogP contribution in [-0.2, 0) is 4.74 Å². The Bertz CT molecular complexity index is 467. The van der Waals surface area contributed by atoms with E-state index in [2.05, 4.69) is 20.9 Å². The maximum Gasteiger partial charge on any atom is 0.287 e. The number of hydrogen-bond acceptors (Lipinski definition) is 4. The van der Waals surface area contributed by atoms with Crippen LogP contribution in [0.3, 0.4) is 0 Å².